The van der Waals surface area contributed by atoms with Crippen LogP contribution in [-0.4, -0.2) is 83.6 Å². The molecule has 2 aliphatic carbocycles. The molecule has 4 amide bonds. The molecule has 0 radical (unpaired) electrons. The number of ketones is 1. The van der Waals surface area contributed by atoms with Crippen LogP contribution >= 0.6 is 0 Å². The maximum absolute atomic E-state index is 14.9. The van der Waals surface area contributed by atoms with E-state index in [1.165, 1.54) is 13.8 Å². The highest BCUT2D eigenvalue weighted by Crippen LogP contribution is 2.57. The lowest BCUT2D eigenvalue weighted by molar-refractivity contribution is -0.140. The van der Waals surface area contributed by atoms with Gasteiger partial charge in [-0.05, 0) is 76.8 Å². The van der Waals surface area contributed by atoms with Crippen LogP contribution < -0.4 is 10.0 Å². The monoisotopic (exact) mass is 737 g/mol. The predicted molar refractivity (Wildman–Crippen MR) is 182 cm³/mol. The molecule has 51 heavy (non-hydrogen) atoms. The number of halogens is 1. The molecule has 1 aromatic carbocycles. The van der Waals surface area contributed by atoms with Gasteiger partial charge in [0.2, 0.25) is 21.8 Å². The van der Waals surface area contributed by atoms with Crippen molar-refractivity contribution in [3.63, 3.8) is 0 Å². The lowest BCUT2D eigenvalue weighted by Gasteiger charge is -2.30. The van der Waals surface area contributed by atoms with Crippen molar-refractivity contribution in [1.29, 1.82) is 0 Å². The Balaban J connectivity index is 1.30. The Hall–Kier alpha value is -4.01. The van der Waals surface area contributed by atoms with Crippen LogP contribution in [0.25, 0.3) is 0 Å². The van der Waals surface area contributed by atoms with E-state index in [0.717, 1.165) is 23.1 Å². The van der Waals surface area contributed by atoms with Crippen molar-refractivity contribution >= 4 is 39.8 Å². The number of amides is 4. The number of hydrogen-bond donors (Lipinski definition) is 2. The standard InChI is InChI=1S/C36H47FN4O9S/c1-35(2,3)50-33(45)38-28-13-8-6-4-5-7-11-23-17-36(23,32(44)39-51(47,48)25-14-15-25)18-30(42)29-16-24(20-41(29)31(28)43)49-34(46)40-19-22-10-9-12-27(37)26(22)21-40/h7,9-12,23-25,28-29H,4-6,8,13-21H2,1-3H3,(H,38,45)(H,39,44)/b11-7-/t23-,24-,28+,29+,36-/m1/s1/i1D3,19D2,21D2. The van der Waals surface area contributed by atoms with Crippen LogP contribution in [0.2, 0.25) is 0 Å². The number of nitrogens with one attached hydrogen (secondary N) is 2. The van der Waals surface area contributed by atoms with Gasteiger partial charge in [0, 0.05) is 29.0 Å². The molecule has 1 aromatic rings. The summed E-state index contributed by atoms with van der Waals surface area (Å²) in [7, 11) is -4.00. The molecule has 13 nitrogen and oxygen atoms in total. The number of Topliss-reactive ketones (excluding diaryl/α,β-unsaturated/α-hetero) is 1. The van der Waals surface area contributed by atoms with Crippen LogP contribution in [0.1, 0.15) is 106 Å². The van der Waals surface area contributed by atoms with Gasteiger partial charge < -0.3 is 19.7 Å². The number of carbonyl (C=O) groups excluding carboxylic acids is 5. The lowest BCUT2D eigenvalue weighted by Crippen LogP contribution is -2.53. The summed E-state index contributed by atoms with van der Waals surface area (Å²) in [6.45, 7) is -6.83. The molecule has 0 aromatic heterocycles. The quantitative estimate of drug-likeness (QED) is 0.420. The minimum Gasteiger partial charge on any atom is -0.444 e. The number of alkyl carbamates (subject to hydrolysis) is 1. The smallest absolute Gasteiger partial charge is 0.410 e. The Kier molecular flexibility index (Phi) is 7.95. The summed E-state index contributed by atoms with van der Waals surface area (Å²) in [5.41, 5.74) is -4.60. The SMILES string of the molecule is [2H]C1([2H])c2cccc(F)c2C([2H])([2H])N1C(=O)O[C@@H]1C[C@H]2C(=O)C[C@]3(C(=O)NS(=O)(=O)C4CC4)C[C@H]3/C=C\CCCCC[C@H](NC(=O)OC(C)(C)C([2H])([2H])[2H])C(=O)N2C1. The van der Waals surface area contributed by atoms with Gasteiger partial charge >= 0.3 is 12.2 Å². The van der Waals surface area contributed by atoms with Gasteiger partial charge in [-0.3, -0.25) is 24.0 Å². The molecule has 15 heteroatoms. The predicted octanol–water partition coefficient (Wildman–Crippen LogP) is 4.23. The Labute approximate surface area is 307 Å². The summed E-state index contributed by atoms with van der Waals surface area (Å²) in [4.78, 5) is 70.6. The van der Waals surface area contributed by atoms with E-state index >= 15 is 0 Å². The zero-order chi connectivity index (χ0) is 42.8. The summed E-state index contributed by atoms with van der Waals surface area (Å²) >= 11 is 0. The highest BCUT2D eigenvalue weighted by atomic mass is 32.2. The van der Waals surface area contributed by atoms with E-state index in [1.807, 2.05) is 6.08 Å². The molecule has 0 spiro atoms. The topological polar surface area (TPSA) is 168 Å². The van der Waals surface area contributed by atoms with Crippen molar-refractivity contribution in [2.75, 3.05) is 6.54 Å². The molecular weight excluding hydrogens is 683 g/mol. The van der Waals surface area contributed by atoms with Gasteiger partial charge in [0.25, 0.3) is 0 Å². The largest absolute Gasteiger partial charge is 0.444 e. The first-order valence-corrected chi connectivity index (χ1v) is 18.7. The molecule has 6 rings (SSSR count). The number of fused-ring (bicyclic) bond motifs is 3. The number of nitrogens with zero attached hydrogens (tertiary/aromatic N) is 2. The fourth-order valence-electron chi connectivity index (χ4n) is 6.87. The molecule has 3 heterocycles. The number of benzene rings is 1. The fraction of sp³-hybridized carbons (Fsp3) is 0.639. The first-order chi connectivity index (χ1) is 26.8. The third-order valence-corrected chi connectivity index (χ3v) is 11.6. The van der Waals surface area contributed by atoms with Crippen LogP contribution in [0.4, 0.5) is 14.0 Å². The summed E-state index contributed by atoms with van der Waals surface area (Å²) in [6.07, 6.45) is 1.53. The van der Waals surface area contributed by atoms with Gasteiger partial charge in [-0.2, -0.15) is 0 Å². The molecule has 0 unspecified atom stereocenters. The van der Waals surface area contributed by atoms with Gasteiger partial charge in [0.15, 0.2) is 5.78 Å². The second kappa shape index (κ2) is 14.2. The second-order valence-corrected chi connectivity index (χ2v) is 16.4. The van der Waals surface area contributed by atoms with Crippen LogP contribution in [0.3, 0.4) is 0 Å². The first kappa shape index (κ1) is 28.6. The molecule has 5 atom stereocenters. The third-order valence-electron chi connectivity index (χ3n) is 9.78. The van der Waals surface area contributed by atoms with E-state index in [-0.39, 0.29) is 17.7 Å². The fourth-order valence-corrected chi connectivity index (χ4v) is 8.25. The Bertz CT molecular complexity index is 2010. The minimum absolute atomic E-state index is 0.0136. The molecule has 5 aliphatic rings. The maximum Gasteiger partial charge on any atom is 0.410 e. The average Bonchev–Trinajstić information content (AvgIpc) is 4.01. The second-order valence-electron chi connectivity index (χ2n) is 14.4. The molecule has 2 saturated carbocycles. The van der Waals surface area contributed by atoms with E-state index in [2.05, 4.69) is 10.0 Å². The highest BCUT2D eigenvalue weighted by Gasteiger charge is 2.61. The number of ether oxygens (including phenoxy) is 2. The van der Waals surface area contributed by atoms with E-state index < -0.39 is 136 Å². The number of hydrogen-bond acceptors (Lipinski definition) is 9. The maximum atomic E-state index is 14.9. The van der Waals surface area contributed by atoms with Crippen molar-refractivity contribution in [3.8, 4) is 0 Å². The van der Waals surface area contributed by atoms with E-state index in [0.29, 0.717) is 38.5 Å². The molecule has 3 fully saturated rings. The van der Waals surface area contributed by atoms with Crippen LogP contribution in [0, 0.1) is 17.2 Å². The van der Waals surface area contributed by atoms with Crippen LogP contribution in [-0.2, 0) is 46.9 Å². The summed E-state index contributed by atoms with van der Waals surface area (Å²) in [5, 5.41) is 1.70. The van der Waals surface area contributed by atoms with Gasteiger partial charge in [-0.15, -0.1) is 0 Å². The van der Waals surface area contributed by atoms with Crippen molar-refractivity contribution in [2.24, 2.45) is 11.3 Å². The minimum atomic E-state index is -4.00. The lowest BCUT2D eigenvalue weighted by atomic mass is 9.91. The average molecular weight is 738 g/mol. The third kappa shape index (κ3) is 8.39. The van der Waals surface area contributed by atoms with Crippen molar-refractivity contribution in [3.05, 3.63) is 47.3 Å². The molecular formula is C36H47FN4O9S. The van der Waals surface area contributed by atoms with Gasteiger partial charge in [0.05, 0.1) is 35.2 Å². The molecule has 0 bridgehead atoms. The number of rotatable bonds is 5. The van der Waals surface area contributed by atoms with Crippen LogP contribution in [0.15, 0.2) is 30.4 Å². The van der Waals surface area contributed by atoms with Crippen molar-refractivity contribution in [2.45, 2.75) is 127 Å². The molecule has 1 saturated heterocycles. The van der Waals surface area contributed by atoms with E-state index in [4.69, 9.17) is 19.1 Å². The van der Waals surface area contributed by atoms with Crippen molar-refractivity contribution in [1.82, 2.24) is 19.8 Å². The summed E-state index contributed by atoms with van der Waals surface area (Å²) < 4.78 is 111. The van der Waals surface area contributed by atoms with Gasteiger partial charge in [0.1, 0.15) is 23.6 Å². The van der Waals surface area contributed by atoms with Crippen molar-refractivity contribution < 1.29 is 55.8 Å². The summed E-state index contributed by atoms with van der Waals surface area (Å²) in [6, 6.07) is 0.382. The van der Waals surface area contributed by atoms with E-state index in [9.17, 15) is 36.8 Å². The normalized spacial score (nSPS) is 33.4. The van der Waals surface area contributed by atoms with E-state index in [1.54, 1.807) is 6.08 Å². The number of sulfonamides is 1. The Morgan fingerprint density at radius 1 is 1.12 bits per heavy atom. The highest BCUT2D eigenvalue weighted by molar-refractivity contribution is 7.90. The van der Waals surface area contributed by atoms with Gasteiger partial charge in [-0.25, -0.2) is 22.4 Å². The Morgan fingerprint density at radius 2 is 1.90 bits per heavy atom. The zero-order valence-electron chi connectivity index (χ0n) is 35.4. The Morgan fingerprint density at radius 3 is 2.63 bits per heavy atom. The first-order valence-electron chi connectivity index (χ1n) is 20.7. The molecule has 2 N–H and O–H groups in total. The number of allylic oxidation sites excluding steroid dienone is 2. The number of carbonyl (C=O) groups is 5. The molecule has 3 aliphatic heterocycles. The van der Waals surface area contributed by atoms with Crippen LogP contribution in [0.5, 0.6) is 0 Å². The summed E-state index contributed by atoms with van der Waals surface area (Å²) in [5.74, 6) is -4.03. The molecule has 278 valence electrons. The zero-order valence-corrected chi connectivity index (χ0v) is 29.2. The van der Waals surface area contributed by atoms with Gasteiger partial charge in [-0.1, -0.05) is 37.1 Å².